The van der Waals surface area contributed by atoms with Crippen molar-refractivity contribution in [2.75, 3.05) is 31.1 Å². The van der Waals surface area contributed by atoms with Crippen LogP contribution in [0.15, 0.2) is 40.9 Å². The molecule has 1 N–H and O–H groups in total. The van der Waals surface area contributed by atoms with Gasteiger partial charge in [0, 0.05) is 44.1 Å². The van der Waals surface area contributed by atoms with E-state index in [0.717, 1.165) is 0 Å². The number of rotatable bonds is 3. The van der Waals surface area contributed by atoms with Crippen molar-refractivity contribution in [3.63, 3.8) is 0 Å². The van der Waals surface area contributed by atoms with Gasteiger partial charge >= 0.3 is 0 Å². The molecule has 0 unspecified atom stereocenters. The lowest BCUT2D eigenvalue weighted by atomic mass is 10.1. The zero-order valence-corrected chi connectivity index (χ0v) is 16.1. The minimum Gasteiger partial charge on any atom is -0.455 e. The summed E-state index contributed by atoms with van der Waals surface area (Å²) in [5.41, 5.74) is 1.34. The molecule has 0 atom stereocenters. The molecule has 1 amide bonds. The van der Waals surface area contributed by atoms with Crippen LogP contribution in [-0.2, 0) is 5.60 Å². The molecule has 7 nitrogen and oxygen atoms in total. The van der Waals surface area contributed by atoms with E-state index in [1.807, 2.05) is 11.0 Å². The zero-order chi connectivity index (χ0) is 20.9. The predicted octanol–water partition coefficient (Wildman–Crippen LogP) is 2.78. The molecule has 1 saturated carbocycles. The van der Waals surface area contributed by atoms with Gasteiger partial charge < -0.3 is 19.3 Å². The predicted molar refractivity (Wildman–Crippen MR) is 106 cm³/mol. The molecule has 5 rings (SSSR count). The SMILES string of the molecule is N#Cc1cc(F)cc(N2CCN(C(=O)c3ccnc4cc(C5(O)CC5)oc34)CC2)c1. The van der Waals surface area contributed by atoms with Gasteiger partial charge in [-0.15, -0.1) is 0 Å². The molecule has 1 saturated heterocycles. The lowest BCUT2D eigenvalue weighted by molar-refractivity contribution is 0.0746. The van der Waals surface area contributed by atoms with Crippen molar-refractivity contribution in [1.29, 1.82) is 5.26 Å². The zero-order valence-electron chi connectivity index (χ0n) is 16.1. The number of nitrogens with zero attached hydrogens (tertiary/aromatic N) is 4. The topological polar surface area (TPSA) is 93.6 Å². The second-order valence-corrected chi connectivity index (χ2v) is 7.80. The third-order valence-electron chi connectivity index (χ3n) is 5.77. The summed E-state index contributed by atoms with van der Waals surface area (Å²) in [5, 5.41) is 19.4. The average molecular weight is 406 g/mol. The van der Waals surface area contributed by atoms with E-state index in [1.54, 1.807) is 29.3 Å². The Morgan fingerprint density at radius 3 is 2.67 bits per heavy atom. The highest BCUT2D eigenvalue weighted by molar-refractivity contribution is 6.04. The maximum atomic E-state index is 13.8. The van der Waals surface area contributed by atoms with Crippen LogP contribution in [0.3, 0.4) is 0 Å². The minimum absolute atomic E-state index is 0.164. The maximum absolute atomic E-state index is 13.8. The van der Waals surface area contributed by atoms with Crippen LogP contribution in [0.4, 0.5) is 10.1 Å². The minimum atomic E-state index is -0.931. The van der Waals surface area contributed by atoms with Gasteiger partial charge in [-0.1, -0.05) is 0 Å². The van der Waals surface area contributed by atoms with Crippen LogP contribution in [0.25, 0.3) is 11.1 Å². The first-order valence-corrected chi connectivity index (χ1v) is 9.83. The molecule has 152 valence electrons. The molecule has 2 aromatic heterocycles. The maximum Gasteiger partial charge on any atom is 0.257 e. The van der Waals surface area contributed by atoms with Crippen molar-refractivity contribution < 1.29 is 18.7 Å². The van der Waals surface area contributed by atoms with Crippen LogP contribution in [0.5, 0.6) is 0 Å². The van der Waals surface area contributed by atoms with Crippen LogP contribution in [0, 0.1) is 17.1 Å². The molecule has 1 aliphatic heterocycles. The number of carbonyl (C=O) groups excluding carboxylic acids is 1. The fraction of sp³-hybridized carbons (Fsp3) is 0.318. The van der Waals surface area contributed by atoms with E-state index >= 15 is 0 Å². The highest BCUT2D eigenvalue weighted by Crippen LogP contribution is 2.47. The number of hydrogen-bond donors (Lipinski definition) is 1. The number of nitriles is 1. The van der Waals surface area contributed by atoms with Gasteiger partial charge in [-0.25, -0.2) is 4.39 Å². The Morgan fingerprint density at radius 1 is 1.20 bits per heavy atom. The second-order valence-electron chi connectivity index (χ2n) is 7.80. The van der Waals surface area contributed by atoms with Crippen LogP contribution in [-0.4, -0.2) is 47.1 Å². The third-order valence-corrected chi connectivity index (χ3v) is 5.77. The van der Waals surface area contributed by atoms with Gasteiger partial charge in [0.05, 0.1) is 17.2 Å². The monoisotopic (exact) mass is 406 g/mol. The van der Waals surface area contributed by atoms with E-state index < -0.39 is 11.4 Å². The standard InChI is InChI=1S/C22H19FN4O3/c23-15-9-14(13-24)10-16(11-15)26-5-7-27(8-6-26)21(28)17-1-4-25-18-12-19(30-20(17)18)22(29)2-3-22/h1,4,9-12,29H,2-3,5-8H2. The number of hydrogen-bond acceptors (Lipinski definition) is 6. The van der Waals surface area contributed by atoms with Gasteiger partial charge in [0.25, 0.3) is 5.91 Å². The Bertz CT molecular complexity index is 1190. The van der Waals surface area contributed by atoms with E-state index in [-0.39, 0.29) is 11.5 Å². The van der Waals surface area contributed by atoms with E-state index in [1.165, 1.54) is 12.1 Å². The molecule has 0 spiro atoms. The Morgan fingerprint density at radius 2 is 1.97 bits per heavy atom. The molecule has 0 bridgehead atoms. The Balaban J connectivity index is 1.35. The van der Waals surface area contributed by atoms with Crippen molar-refractivity contribution in [3.8, 4) is 6.07 Å². The number of aliphatic hydroxyl groups is 1. The number of halogens is 1. The highest BCUT2D eigenvalue weighted by Gasteiger charge is 2.45. The van der Waals surface area contributed by atoms with Gasteiger partial charge in [0.1, 0.15) is 22.7 Å². The molecule has 8 heteroatoms. The lowest BCUT2D eigenvalue weighted by Crippen LogP contribution is -2.48. The van der Waals surface area contributed by atoms with Crippen molar-refractivity contribution in [1.82, 2.24) is 9.88 Å². The summed E-state index contributed by atoms with van der Waals surface area (Å²) in [6.07, 6.45) is 2.86. The lowest BCUT2D eigenvalue weighted by Gasteiger charge is -2.36. The molecule has 3 heterocycles. The van der Waals surface area contributed by atoms with Crippen molar-refractivity contribution in [3.05, 3.63) is 59.2 Å². The van der Waals surface area contributed by atoms with E-state index in [9.17, 15) is 14.3 Å². The number of aromatic nitrogens is 1. The second kappa shape index (κ2) is 6.82. The highest BCUT2D eigenvalue weighted by atomic mass is 19.1. The fourth-order valence-electron chi connectivity index (χ4n) is 3.86. The van der Waals surface area contributed by atoms with Crippen LogP contribution >= 0.6 is 0 Å². The Labute approximate surface area is 171 Å². The van der Waals surface area contributed by atoms with Crippen molar-refractivity contribution in [2.24, 2.45) is 0 Å². The van der Waals surface area contributed by atoms with Gasteiger partial charge in [0.15, 0.2) is 5.58 Å². The van der Waals surface area contributed by atoms with E-state index in [2.05, 4.69) is 4.98 Å². The number of carbonyl (C=O) groups is 1. The van der Waals surface area contributed by atoms with Gasteiger partial charge in [0.2, 0.25) is 0 Å². The van der Waals surface area contributed by atoms with Gasteiger partial charge in [-0.2, -0.15) is 5.26 Å². The summed E-state index contributed by atoms with van der Waals surface area (Å²) in [6.45, 7) is 1.96. The number of amides is 1. The molecule has 30 heavy (non-hydrogen) atoms. The number of benzene rings is 1. The summed E-state index contributed by atoms with van der Waals surface area (Å²) < 4.78 is 19.6. The van der Waals surface area contributed by atoms with Crippen LogP contribution in [0.2, 0.25) is 0 Å². The van der Waals surface area contributed by atoms with Crippen LogP contribution < -0.4 is 4.90 Å². The molecule has 2 aliphatic rings. The van der Waals surface area contributed by atoms with Gasteiger partial charge in [-0.3, -0.25) is 9.78 Å². The summed E-state index contributed by atoms with van der Waals surface area (Å²) in [7, 11) is 0. The number of furan rings is 1. The smallest absolute Gasteiger partial charge is 0.257 e. The summed E-state index contributed by atoms with van der Waals surface area (Å²) in [4.78, 5) is 21.1. The first-order valence-electron chi connectivity index (χ1n) is 9.83. The summed E-state index contributed by atoms with van der Waals surface area (Å²) in [6, 6.07) is 9.55. The normalized spacial score (nSPS) is 17.8. The van der Waals surface area contributed by atoms with Crippen molar-refractivity contribution >= 4 is 22.7 Å². The molecule has 1 aromatic carbocycles. The number of fused-ring (bicyclic) bond motifs is 1. The number of piperazine rings is 1. The number of pyridine rings is 1. The molecule has 2 fully saturated rings. The van der Waals surface area contributed by atoms with Crippen LogP contribution in [0.1, 0.15) is 34.5 Å². The summed E-state index contributed by atoms with van der Waals surface area (Å²) in [5.74, 6) is -0.162. The quantitative estimate of drug-likeness (QED) is 0.719. The fourth-order valence-corrected chi connectivity index (χ4v) is 3.86. The van der Waals surface area contributed by atoms with E-state index in [4.69, 9.17) is 9.68 Å². The molecule has 0 radical (unpaired) electrons. The Hall–Kier alpha value is -3.44. The van der Waals surface area contributed by atoms with Crippen molar-refractivity contribution in [2.45, 2.75) is 18.4 Å². The molecule has 3 aromatic rings. The third kappa shape index (κ3) is 3.17. The van der Waals surface area contributed by atoms with Gasteiger partial charge in [-0.05, 0) is 37.1 Å². The first-order chi connectivity index (χ1) is 14.5. The first kappa shape index (κ1) is 18.6. The summed E-state index contributed by atoms with van der Waals surface area (Å²) >= 11 is 0. The van der Waals surface area contributed by atoms with E-state index in [0.29, 0.717) is 67.1 Å². The average Bonchev–Trinajstić information content (AvgIpc) is 3.35. The largest absolute Gasteiger partial charge is 0.455 e. The number of anilines is 1. The molecule has 1 aliphatic carbocycles. The molecular weight excluding hydrogens is 387 g/mol. The molecular formula is C22H19FN4O3. The Kier molecular flexibility index (Phi) is 4.22.